The van der Waals surface area contributed by atoms with Gasteiger partial charge in [-0.2, -0.15) is 5.10 Å². The van der Waals surface area contributed by atoms with E-state index in [-0.39, 0.29) is 11.8 Å². The molecule has 1 aliphatic carbocycles. The number of aromatic nitrogens is 3. The highest BCUT2D eigenvalue weighted by Crippen LogP contribution is 2.29. The molecule has 1 N–H and O–H groups in total. The molecule has 1 amide bonds. The molecule has 1 fully saturated rings. The fourth-order valence-corrected chi connectivity index (χ4v) is 3.92. The summed E-state index contributed by atoms with van der Waals surface area (Å²) in [6, 6.07) is 3.98. The van der Waals surface area contributed by atoms with Crippen LogP contribution in [0.3, 0.4) is 0 Å². The quantitative estimate of drug-likeness (QED) is 0.934. The Balaban J connectivity index is 1.53. The van der Waals surface area contributed by atoms with E-state index in [2.05, 4.69) is 20.1 Å². The average molecular weight is 324 g/mol. The highest BCUT2D eigenvalue weighted by Gasteiger charge is 2.22. The third-order valence-electron chi connectivity index (χ3n) is 5.28. The van der Waals surface area contributed by atoms with Gasteiger partial charge in [-0.15, -0.1) is 0 Å². The number of amides is 1. The van der Waals surface area contributed by atoms with E-state index in [9.17, 15) is 4.79 Å². The number of carbonyl (C=O) groups is 1. The van der Waals surface area contributed by atoms with E-state index in [0.29, 0.717) is 5.82 Å². The molecule has 0 spiro atoms. The second kappa shape index (κ2) is 6.75. The number of carbonyl (C=O) groups excluding carboxylic acids is 1. The predicted octanol–water partition coefficient (Wildman–Crippen LogP) is 3.80. The molecule has 2 aromatic rings. The Morgan fingerprint density at radius 2 is 2.04 bits per heavy atom. The topological polar surface area (TPSA) is 59.8 Å². The number of aryl methyl sites for hydroxylation is 1. The summed E-state index contributed by atoms with van der Waals surface area (Å²) in [5, 5.41) is 7.52. The van der Waals surface area contributed by atoms with Gasteiger partial charge in [0, 0.05) is 29.9 Å². The molecule has 2 aliphatic rings. The molecule has 1 saturated carbocycles. The van der Waals surface area contributed by atoms with Gasteiger partial charge in [-0.1, -0.05) is 19.3 Å². The third kappa shape index (κ3) is 3.07. The fourth-order valence-electron chi connectivity index (χ4n) is 3.92. The van der Waals surface area contributed by atoms with Crippen LogP contribution in [-0.2, 0) is 17.8 Å². The van der Waals surface area contributed by atoms with Crippen molar-refractivity contribution in [2.45, 2.75) is 57.9 Å². The monoisotopic (exact) mass is 324 g/mol. The molecule has 0 atom stereocenters. The van der Waals surface area contributed by atoms with Gasteiger partial charge in [0.15, 0.2) is 0 Å². The van der Waals surface area contributed by atoms with Gasteiger partial charge in [-0.25, -0.2) is 4.98 Å². The molecule has 0 bridgehead atoms. The van der Waals surface area contributed by atoms with Crippen molar-refractivity contribution < 1.29 is 4.79 Å². The molecule has 4 rings (SSSR count). The second-order valence-corrected chi connectivity index (χ2v) is 6.94. The maximum atomic E-state index is 12.4. The van der Waals surface area contributed by atoms with Crippen LogP contribution in [0, 0.1) is 5.92 Å². The Morgan fingerprint density at radius 1 is 1.17 bits per heavy atom. The van der Waals surface area contributed by atoms with Crippen LogP contribution in [0.15, 0.2) is 24.5 Å². The van der Waals surface area contributed by atoms with Gasteiger partial charge in [0.05, 0.1) is 6.20 Å². The van der Waals surface area contributed by atoms with Gasteiger partial charge in [0.1, 0.15) is 5.82 Å². The van der Waals surface area contributed by atoms with Crippen LogP contribution in [0.1, 0.15) is 50.6 Å². The summed E-state index contributed by atoms with van der Waals surface area (Å²) in [6.07, 6.45) is 12.8. The second-order valence-electron chi connectivity index (χ2n) is 6.94. The molecule has 0 aromatic carbocycles. The van der Waals surface area contributed by atoms with Crippen LogP contribution < -0.4 is 5.32 Å². The number of nitrogens with zero attached hydrogens (tertiary/aromatic N) is 3. The molecule has 0 saturated heterocycles. The first-order valence-electron chi connectivity index (χ1n) is 9.13. The number of nitrogens with one attached hydrogen (secondary N) is 1. The fraction of sp³-hybridized carbons (Fsp3) is 0.526. The van der Waals surface area contributed by atoms with Crippen molar-refractivity contribution >= 4 is 11.7 Å². The largest absolute Gasteiger partial charge is 0.310 e. The molecule has 5 nitrogen and oxygen atoms in total. The Labute approximate surface area is 142 Å². The Bertz CT molecular complexity index is 731. The first-order valence-corrected chi connectivity index (χ1v) is 9.13. The smallest absolute Gasteiger partial charge is 0.228 e. The third-order valence-corrected chi connectivity index (χ3v) is 5.28. The van der Waals surface area contributed by atoms with Gasteiger partial charge in [0.25, 0.3) is 0 Å². The van der Waals surface area contributed by atoms with Crippen LogP contribution in [0.5, 0.6) is 0 Å². The molecule has 5 heteroatoms. The average Bonchev–Trinajstić information content (AvgIpc) is 3.07. The number of anilines is 1. The molecule has 3 heterocycles. The summed E-state index contributed by atoms with van der Waals surface area (Å²) in [5.74, 6) is 0.920. The SMILES string of the molecule is O=C(Nc1cc(-c2cnn3c2CCCC3)ccn1)C1CCCCC1. The number of pyridine rings is 1. The molecule has 126 valence electrons. The molecule has 0 unspecified atom stereocenters. The summed E-state index contributed by atoms with van der Waals surface area (Å²) < 4.78 is 2.11. The highest BCUT2D eigenvalue weighted by atomic mass is 16.1. The maximum Gasteiger partial charge on any atom is 0.228 e. The number of hydrogen-bond donors (Lipinski definition) is 1. The standard InChI is InChI=1S/C19H24N4O/c24-19(14-6-2-1-3-7-14)22-18-12-15(9-10-20-18)16-13-21-23-11-5-4-8-17(16)23/h9-10,12-14H,1-8,11H2,(H,20,22,24). The summed E-state index contributed by atoms with van der Waals surface area (Å²) in [6.45, 7) is 1.01. The van der Waals surface area contributed by atoms with Crippen LogP contribution >= 0.6 is 0 Å². The zero-order valence-electron chi connectivity index (χ0n) is 14.0. The van der Waals surface area contributed by atoms with E-state index in [0.717, 1.165) is 44.2 Å². The highest BCUT2D eigenvalue weighted by molar-refractivity contribution is 5.92. The number of rotatable bonds is 3. The van der Waals surface area contributed by atoms with Crippen molar-refractivity contribution in [1.29, 1.82) is 0 Å². The van der Waals surface area contributed by atoms with Crippen molar-refractivity contribution in [3.63, 3.8) is 0 Å². The van der Waals surface area contributed by atoms with E-state index in [1.165, 1.54) is 30.5 Å². The normalized spacial score (nSPS) is 18.2. The summed E-state index contributed by atoms with van der Waals surface area (Å²) in [4.78, 5) is 16.8. The van der Waals surface area contributed by atoms with Crippen LogP contribution in [0.2, 0.25) is 0 Å². The first kappa shape index (κ1) is 15.4. The summed E-state index contributed by atoms with van der Waals surface area (Å²) in [7, 11) is 0. The molecule has 1 aliphatic heterocycles. The van der Waals surface area contributed by atoms with Gasteiger partial charge in [0.2, 0.25) is 5.91 Å². The molecular formula is C19H24N4O. The van der Waals surface area contributed by atoms with Crippen LogP contribution in [0.25, 0.3) is 11.1 Å². The lowest BCUT2D eigenvalue weighted by Crippen LogP contribution is -2.25. The van der Waals surface area contributed by atoms with E-state index in [1.807, 2.05) is 18.3 Å². The van der Waals surface area contributed by atoms with Crippen molar-refractivity contribution in [3.8, 4) is 11.1 Å². The lowest BCUT2D eigenvalue weighted by Gasteiger charge is -2.20. The maximum absolute atomic E-state index is 12.4. The van der Waals surface area contributed by atoms with E-state index in [1.54, 1.807) is 6.20 Å². The van der Waals surface area contributed by atoms with E-state index < -0.39 is 0 Å². The zero-order valence-corrected chi connectivity index (χ0v) is 14.0. The predicted molar refractivity (Wildman–Crippen MR) is 93.6 cm³/mol. The summed E-state index contributed by atoms with van der Waals surface area (Å²) >= 11 is 0. The molecule has 2 aromatic heterocycles. The minimum atomic E-state index is 0.122. The van der Waals surface area contributed by atoms with Crippen molar-refractivity contribution in [2.24, 2.45) is 5.92 Å². The van der Waals surface area contributed by atoms with E-state index in [4.69, 9.17) is 0 Å². The zero-order chi connectivity index (χ0) is 16.4. The van der Waals surface area contributed by atoms with Crippen LogP contribution in [0.4, 0.5) is 5.82 Å². The van der Waals surface area contributed by atoms with Crippen molar-refractivity contribution in [2.75, 3.05) is 5.32 Å². The van der Waals surface area contributed by atoms with Crippen LogP contribution in [-0.4, -0.2) is 20.7 Å². The van der Waals surface area contributed by atoms with Crippen molar-refractivity contribution in [3.05, 3.63) is 30.2 Å². The Hall–Kier alpha value is -2.17. The minimum Gasteiger partial charge on any atom is -0.310 e. The van der Waals surface area contributed by atoms with Gasteiger partial charge in [-0.3, -0.25) is 9.48 Å². The molecular weight excluding hydrogens is 300 g/mol. The molecule has 24 heavy (non-hydrogen) atoms. The van der Waals surface area contributed by atoms with Crippen molar-refractivity contribution in [1.82, 2.24) is 14.8 Å². The van der Waals surface area contributed by atoms with E-state index >= 15 is 0 Å². The van der Waals surface area contributed by atoms with Gasteiger partial charge >= 0.3 is 0 Å². The number of hydrogen-bond acceptors (Lipinski definition) is 3. The summed E-state index contributed by atoms with van der Waals surface area (Å²) in [5.41, 5.74) is 3.56. The molecule has 0 radical (unpaired) electrons. The Morgan fingerprint density at radius 3 is 2.92 bits per heavy atom. The lowest BCUT2D eigenvalue weighted by atomic mass is 9.89. The number of fused-ring (bicyclic) bond motifs is 1. The van der Waals surface area contributed by atoms with Gasteiger partial charge < -0.3 is 5.32 Å². The lowest BCUT2D eigenvalue weighted by molar-refractivity contribution is -0.120. The Kier molecular flexibility index (Phi) is 4.32. The van der Waals surface area contributed by atoms with Gasteiger partial charge in [-0.05, 0) is 49.8 Å². The minimum absolute atomic E-state index is 0.122. The first-order chi connectivity index (χ1) is 11.8.